The summed E-state index contributed by atoms with van der Waals surface area (Å²) < 4.78 is 15.6. The zero-order valence-electron chi connectivity index (χ0n) is 14.6. The minimum atomic E-state index is -0.528. The van der Waals surface area contributed by atoms with Gasteiger partial charge in [-0.05, 0) is 36.5 Å². The first-order valence-electron chi connectivity index (χ1n) is 7.41. The summed E-state index contributed by atoms with van der Waals surface area (Å²) in [5, 5.41) is 15.4. The molecule has 10 heteroatoms. The molecule has 0 aromatic heterocycles. The molecule has 27 heavy (non-hydrogen) atoms. The van der Waals surface area contributed by atoms with Crippen molar-refractivity contribution in [2.24, 2.45) is 0 Å². The number of hydrogen-bond donors (Lipinski definition) is 3. The van der Waals surface area contributed by atoms with Crippen molar-refractivity contribution < 1.29 is 24.1 Å². The van der Waals surface area contributed by atoms with E-state index in [0.29, 0.717) is 22.3 Å². The zero-order valence-corrected chi connectivity index (χ0v) is 16.9. The topological polar surface area (TPSA) is 89.1 Å². The van der Waals surface area contributed by atoms with Gasteiger partial charge in [0.2, 0.25) is 5.75 Å². The minimum Gasteiger partial charge on any atom is -0.504 e. The van der Waals surface area contributed by atoms with Crippen LogP contribution < -0.4 is 24.8 Å². The number of benzene rings is 2. The Morgan fingerprint density at radius 3 is 2.15 bits per heavy atom. The lowest BCUT2D eigenvalue weighted by Crippen LogP contribution is -2.34. The second kappa shape index (κ2) is 8.98. The van der Waals surface area contributed by atoms with Crippen LogP contribution in [0.5, 0.6) is 23.0 Å². The van der Waals surface area contributed by atoms with Crippen LogP contribution in [0.1, 0.15) is 10.4 Å². The van der Waals surface area contributed by atoms with Gasteiger partial charge >= 0.3 is 0 Å². The van der Waals surface area contributed by atoms with Crippen molar-refractivity contribution in [3.63, 3.8) is 0 Å². The van der Waals surface area contributed by atoms with Crippen molar-refractivity contribution in [2.75, 3.05) is 26.6 Å². The number of halogens is 2. The molecule has 0 aliphatic heterocycles. The molecular formula is C17H16Cl2N2O5S. The Balaban J connectivity index is 2.21. The first-order chi connectivity index (χ1) is 12.8. The van der Waals surface area contributed by atoms with E-state index in [9.17, 15) is 9.90 Å². The van der Waals surface area contributed by atoms with E-state index < -0.39 is 5.91 Å². The number of carbonyl (C=O) groups is 1. The van der Waals surface area contributed by atoms with Gasteiger partial charge in [0.05, 0.1) is 32.0 Å². The number of phenols is 1. The second-order valence-electron chi connectivity index (χ2n) is 5.11. The SMILES string of the molecule is COc1cc(C(=O)NC(=S)Nc2cc(Cl)cc(Cl)c2O)cc(OC)c1OC. The summed E-state index contributed by atoms with van der Waals surface area (Å²) in [5.41, 5.74) is 0.379. The number of rotatable bonds is 5. The van der Waals surface area contributed by atoms with Crippen molar-refractivity contribution >= 4 is 52.1 Å². The third-order valence-electron chi connectivity index (χ3n) is 3.43. The Bertz CT molecular complexity index is 867. The molecule has 3 N–H and O–H groups in total. The van der Waals surface area contributed by atoms with Gasteiger partial charge < -0.3 is 24.6 Å². The largest absolute Gasteiger partial charge is 0.504 e. The molecule has 2 aromatic rings. The third-order valence-corrected chi connectivity index (χ3v) is 4.14. The van der Waals surface area contributed by atoms with E-state index in [0.717, 1.165) is 0 Å². The summed E-state index contributed by atoms with van der Waals surface area (Å²) in [7, 11) is 4.34. The molecule has 2 aromatic carbocycles. The number of aromatic hydroxyl groups is 1. The monoisotopic (exact) mass is 430 g/mol. The van der Waals surface area contributed by atoms with E-state index in [4.69, 9.17) is 49.6 Å². The van der Waals surface area contributed by atoms with Gasteiger partial charge in [0, 0.05) is 10.6 Å². The van der Waals surface area contributed by atoms with Gasteiger partial charge in [-0.1, -0.05) is 23.2 Å². The van der Waals surface area contributed by atoms with E-state index >= 15 is 0 Å². The number of carbonyl (C=O) groups excluding carboxylic acids is 1. The summed E-state index contributed by atoms with van der Waals surface area (Å²) in [6.45, 7) is 0. The van der Waals surface area contributed by atoms with Gasteiger partial charge in [0.15, 0.2) is 22.4 Å². The van der Waals surface area contributed by atoms with Crippen LogP contribution in [0.2, 0.25) is 10.0 Å². The van der Waals surface area contributed by atoms with E-state index in [1.165, 1.54) is 45.6 Å². The maximum absolute atomic E-state index is 12.5. The smallest absolute Gasteiger partial charge is 0.257 e. The maximum Gasteiger partial charge on any atom is 0.257 e. The lowest BCUT2D eigenvalue weighted by atomic mass is 10.1. The zero-order chi connectivity index (χ0) is 20.1. The fourth-order valence-electron chi connectivity index (χ4n) is 2.20. The highest BCUT2D eigenvalue weighted by atomic mass is 35.5. The van der Waals surface area contributed by atoms with Crippen LogP contribution in [0.25, 0.3) is 0 Å². The molecule has 0 aliphatic rings. The number of ether oxygens (including phenoxy) is 3. The van der Waals surface area contributed by atoms with E-state index in [1.54, 1.807) is 0 Å². The average molecular weight is 431 g/mol. The number of anilines is 1. The molecule has 1 amide bonds. The third kappa shape index (κ3) is 4.85. The molecule has 7 nitrogen and oxygen atoms in total. The van der Waals surface area contributed by atoms with Gasteiger partial charge in [-0.15, -0.1) is 0 Å². The predicted octanol–water partition coefficient (Wildman–Crippen LogP) is 3.85. The van der Waals surface area contributed by atoms with Crippen LogP contribution >= 0.6 is 35.4 Å². The van der Waals surface area contributed by atoms with Crippen LogP contribution in [0.4, 0.5) is 5.69 Å². The van der Waals surface area contributed by atoms with Gasteiger partial charge in [-0.3, -0.25) is 10.1 Å². The number of hydrogen-bond acceptors (Lipinski definition) is 6. The molecule has 0 atom stereocenters. The summed E-state index contributed by atoms with van der Waals surface area (Å²) >= 11 is 16.9. The number of methoxy groups -OCH3 is 3. The van der Waals surface area contributed by atoms with E-state index in [2.05, 4.69) is 10.6 Å². The molecule has 0 unspecified atom stereocenters. The molecule has 0 fully saturated rings. The highest BCUT2D eigenvalue weighted by molar-refractivity contribution is 7.80. The molecular weight excluding hydrogens is 415 g/mol. The Hall–Kier alpha value is -2.42. The number of phenolic OH excluding ortho intramolecular Hbond substituents is 1. The maximum atomic E-state index is 12.5. The summed E-state index contributed by atoms with van der Waals surface area (Å²) in [5.74, 6) is 0.223. The Kier molecular flexibility index (Phi) is 6.95. The fourth-order valence-corrected chi connectivity index (χ4v) is 2.90. The summed E-state index contributed by atoms with van der Waals surface area (Å²) in [6.07, 6.45) is 0. The molecule has 0 saturated heterocycles. The number of thiocarbonyl (C=S) groups is 1. The van der Waals surface area contributed by atoms with Crippen LogP contribution in [-0.2, 0) is 0 Å². The van der Waals surface area contributed by atoms with Crippen LogP contribution in [0.3, 0.4) is 0 Å². The molecule has 0 saturated carbocycles. The van der Waals surface area contributed by atoms with Crippen molar-refractivity contribution in [1.82, 2.24) is 5.32 Å². The van der Waals surface area contributed by atoms with Crippen molar-refractivity contribution in [2.45, 2.75) is 0 Å². The van der Waals surface area contributed by atoms with Crippen molar-refractivity contribution in [3.05, 3.63) is 39.9 Å². The molecule has 144 valence electrons. The normalized spacial score (nSPS) is 10.1. The molecule has 0 bridgehead atoms. The highest BCUT2D eigenvalue weighted by Crippen LogP contribution is 2.38. The van der Waals surface area contributed by atoms with Crippen LogP contribution in [0.15, 0.2) is 24.3 Å². The van der Waals surface area contributed by atoms with Gasteiger partial charge in [0.25, 0.3) is 5.91 Å². The second-order valence-corrected chi connectivity index (χ2v) is 6.36. The van der Waals surface area contributed by atoms with Crippen LogP contribution in [-0.4, -0.2) is 37.5 Å². The van der Waals surface area contributed by atoms with Crippen LogP contribution in [0, 0.1) is 0 Å². The Labute approximate surface area is 171 Å². The molecule has 0 aliphatic carbocycles. The lowest BCUT2D eigenvalue weighted by molar-refractivity contribution is 0.0977. The molecule has 0 heterocycles. The molecule has 2 rings (SSSR count). The molecule has 0 radical (unpaired) electrons. The fraction of sp³-hybridized carbons (Fsp3) is 0.176. The van der Waals surface area contributed by atoms with Crippen molar-refractivity contribution in [1.29, 1.82) is 0 Å². The minimum absolute atomic E-state index is 0.0451. The number of amides is 1. The highest BCUT2D eigenvalue weighted by Gasteiger charge is 2.18. The quantitative estimate of drug-likeness (QED) is 0.490. The average Bonchev–Trinajstić information content (AvgIpc) is 2.64. The number of nitrogens with one attached hydrogen (secondary N) is 2. The first-order valence-corrected chi connectivity index (χ1v) is 8.57. The molecule has 0 spiro atoms. The van der Waals surface area contributed by atoms with Crippen molar-refractivity contribution in [3.8, 4) is 23.0 Å². The van der Waals surface area contributed by atoms with E-state index in [-0.39, 0.29) is 27.1 Å². The van der Waals surface area contributed by atoms with Gasteiger partial charge in [-0.2, -0.15) is 0 Å². The lowest BCUT2D eigenvalue weighted by Gasteiger charge is -2.15. The van der Waals surface area contributed by atoms with Gasteiger partial charge in [0.1, 0.15) is 0 Å². The summed E-state index contributed by atoms with van der Waals surface area (Å²) in [4.78, 5) is 12.5. The Morgan fingerprint density at radius 2 is 1.63 bits per heavy atom. The predicted molar refractivity (Wildman–Crippen MR) is 108 cm³/mol. The van der Waals surface area contributed by atoms with Gasteiger partial charge in [-0.25, -0.2) is 0 Å². The first kappa shape index (κ1) is 20.9. The Morgan fingerprint density at radius 1 is 1.04 bits per heavy atom. The standard InChI is InChI=1S/C17H16Cl2N2O5S/c1-24-12-4-8(5-13(25-2)15(12)26-3)16(23)21-17(27)20-11-7-9(18)6-10(19)14(11)22/h4-7,22H,1-3H3,(H2,20,21,23,27). The summed E-state index contributed by atoms with van der Waals surface area (Å²) in [6, 6.07) is 5.75. The van der Waals surface area contributed by atoms with E-state index in [1.807, 2.05) is 0 Å².